The van der Waals surface area contributed by atoms with Gasteiger partial charge in [-0.15, -0.1) is 0 Å². The Morgan fingerprint density at radius 2 is 1.80 bits per heavy atom. The van der Waals surface area contributed by atoms with Crippen LogP contribution in [0.1, 0.15) is 33.6 Å². The van der Waals surface area contributed by atoms with Crippen LogP contribution in [0.3, 0.4) is 0 Å². The Hall–Kier alpha value is -1.77. The molecule has 0 spiro atoms. The molecule has 2 heterocycles. The molecule has 106 valence electrons. The third-order valence-corrected chi connectivity index (χ3v) is 3.92. The van der Waals surface area contributed by atoms with Gasteiger partial charge in [0, 0.05) is 30.5 Å². The monoisotopic (exact) mass is 269 g/mol. The lowest BCUT2D eigenvalue weighted by molar-refractivity contribution is 0.355. The second-order valence-corrected chi connectivity index (χ2v) is 6.59. The smallest absolute Gasteiger partial charge is 0.0568 e. The van der Waals surface area contributed by atoms with E-state index in [0.29, 0.717) is 0 Å². The molecule has 0 atom stereocenters. The summed E-state index contributed by atoms with van der Waals surface area (Å²) in [6.07, 6.45) is 6.73. The highest BCUT2D eigenvalue weighted by Gasteiger charge is 2.16. The topological polar surface area (TPSA) is 21.1 Å². The fraction of sp³-hybridized carbons (Fsp3) is 0.471. The summed E-state index contributed by atoms with van der Waals surface area (Å²) in [5.41, 5.74) is 3.82. The molecule has 0 amide bonds. The highest BCUT2D eigenvalue weighted by molar-refractivity contribution is 5.67. The van der Waals surface area contributed by atoms with Gasteiger partial charge in [-0.1, -0.05) is 12.1 Å². The number of hydrogen-bond acceptors (Lipinski definition) is 2. The van der Waals surface area contributed by atoms with Gasteiger partial charge in [-0.3, -0.25) is 4.68 Å². The minimum Gasteiger partial charge on any atom is -0.372 e. The number of benzene rings is 1. The van der Waals surface area contributed by atoms with Crippen molar-refractivity contribution in [3.8, 4) is 11.1 Å². The summed E-state index contributed by atoms with van der Waals surface area (Å²) in [5, 5.41) is 4.49. The highest BCUT2D eigenvalue weighted by atomic mass is 15.3. The predicted octanol–water partition coefficient (Wildman–Crippen LogP) is 3.91. The largest absolute Gasteiger partial charge is 0.372 e. The molecule has 3 nitrogen and oxygen atoms in total. The van der Waals surface area contributed by atoms with Crippen LogP contribution < -0.4 is 4.90 Å². The molecule has 3 heteroatoms. The van der Waals surface area contributed by atoms with E-state index >= 15 is 0 Å². The molecule has 0 N–H and O–H groups in total. The van der Waals surface area contributed by atoms with Gasteiger partial charge in [-0.25, -0.2) is 0 Å². The summed E-state index contributed by atoms with van der Waals surface area (Å²) in [6.45, 7) is 8.88. The number of rotatable bonds is 2. The lowest BCUT2D eigenvalue weighted by atomic mass is 10.1. The SMILES string of the molecule is CC(C)(C)n1cc(-c2cccc(N3CCCC3)c2)cn1. The molecule has 0 bridgehead atoms. The average Bonchev–Trinajstić information content (AvgIpc) is 3.10. The summed E-state index contributed by atoms with van der Waals surface area (Å²) >= 11 is 0. The Morgan fingerprint density at radius 1 is 1.05 bits per heavy atom. The first-order valence-corrected chi connectivity index (χ1v) is 7.44. The Labute approximate surface area is 121 Å². The second kappa shape index (κ2) is 4.97. The number of hydrogen-bond donors (Lipinski definition) is 0. The third kappa shape index (κ3) is 2.58. The molecule has 3 rings (SSSR count). The molecule has 2 aromatic rings. The van der Waals surface area contributed by atoms with Crippen molar-refractivity contribution in [1.82, 2.24) is 9.78 Å². The first kappa shape index (κ1) is 13.2. The zero-order valence-corrected chi connectivity index (χ0v) is 12.6. The van der Waals surface area contributed by atoms with E-state index in [4.69, 9.17) is 0 Å². The van der Waals surface area contributed by atoms with Crippen molar-refractivity contribution >= 4 is 5.69 Å². The van der Waals surface area contributed by atoms with Gasteiger partial charge in [0.15, 0.2) is 0 Å². The fourth-order valence-corrected chi connectivity index (χ4v) is 2.70. The van der Waals surface area contributed by atoms with Gasteiger partial charge in [0.25, 0.3) is 0 Å². The first-order valence-electron chi connectivity index (χ1n) is 7.44. The number of aromatic nitrogens is 2. The minimum atomic E-state index is 0.0326. The summed E-state index contributed by atoms with van der Waals surface area (Å²) < 4.78 is 2.03. The van der Waals surface area contributed by atoms with Gasteiger partial charge in [-0.05, 0) is 51.3 Å². The van der Waals surface area contributed by atoms with E-state index < -0.39 is 0 Å². The highest BCUT2D eigenvalue weighted by Crippen LogP contribution is 2.27. The Morgan fingerprint density at radius 3 is 2.45 bits per heavy atom. The first-order chi connectivity index (χ1) is 9.54. The van der Waals surface area contributed by atoms with Gasteiger partial charge in [-0.2, -0.15) is 5.10 Å². The molecule has 0 saturated carbocycles. The maximum atomic E-state index is 4.49. The van der Waals surface area contributed by atoms with E-state index in [-0.39, 0.29) is 5.54 Å². The summed E-state index contributed by atoms with van der Waals surface area (Å²) in [6, 6.07) is 8.82. The molecule has 0 unspecified atom stereocenters. The van der Waals surface area contributed by atoms with Crippen LogP contribution in [0.4, 0.5) is 5.69 Å². The fourth-order valence-electron chi connectivity index (χ4n) is 2.70. The zero-order chi connectivity index (χ0) is 14.2. The van der Waals surface area contributed by atoms with Crippen LogP contribution in [-0.2, 0) is 5.54 Å². The Kier molecular flexibility index (Phi) is 3.28. The van der Waals surface area contributed by atoms with E-state index in [0.717, 1.165) is 0 Å². The molecule has 1 fully saturated rings. The average molecular weight is 269 g/mol. The van der Waals surface area contributed by atoms with E-state index in [1.54, 1.807) is 0 Å². The lowest BCUT2D eigenvalue weighted by Gasteiger charge is -2.19. The summed E-state index contributed by atoms with van der Waals surface area (Å²) in [5.74, 6) is 0. The predicted molar refractivity (Wildman–Crippen MR) is 84.1 cm³/mol. The van der Waals surface area contributed by atoms with Crippen LogP contribution >= 0.6 is 0 Å². The van der Waals surface area contributed by atoms with Crippen molar-refractivity contribution in [2.75, 3.05) is 18.0 Å². The Bertz CT molecular complexity index is 586. The molecule has 1 saturated heterocycles. The summed E-state index contributed by atoms with van der Waals surface area (Å²) in [7, 11) is 0. The van der Waals surface area contributed by atoms with Gasteiger partial charge < -0.3 is 4.90 Å². The van der Waals surface area contributed by atoms with Crippen LogP contribution in [-0.4, -0.2) is 22.9 Å². The second-order valence-electron chi connectivity index (χ2n) is 6.59. The molecule has 1 aliphatic heterocycles. The van der Waals surface area contributed by atoms with Crippen LogP contribution in [0.5, 0.6) is 0 Å². The van der Waals surface area contributed by atoms with Crippen molar-refractivity contribution in [1.29, 1.82) is 0 Å². The number of nitrogens with zero attached hydrogens (tertiary/aromatic N) is 3. The van der Waals surface area contributed by atoms with Crippen molar-refractivity contribution in [2.45, 2.75) is 39.2 Å². The molecule has 1 aromatic heterocycles. The van der Waals surface area contributed by atoms with Crippen molar-refractivity contribution in [3.63, 3.8) is 0 Å². The Balaban J connectivity index is 1.90. The zero-order valence-electron chi connectivity index (χ0n) is 12.6. The molecular formula is C17H23N3. The van der Waals surface area contributed by atoms with Gasteiger partial charge >= 0.3 is 0 Å². The summed E-state index contributed by atoms with van der Waals surface area (Å²) in [4.78, 5) is 2.47. The van der Waals surface area contributed by atoms with Crippen LogP contribution in [0.25, 0.3) is 11.1 Å². The van der Waals surface area contributed by atoms with E-state index in [9.17, 15) is 0 Å². The van der Waals surface area contributed by atoms with Crippen LogP contribution in [0, 0.1) is 0 Å². The third-order valence-electron chi connectivity index (χ3n) is 3.92. The van der Waals surface area contributed by atoms with Crippen molar-refractivity contribution in [3.05, 3.63) is 36.7 Å². The standard InChI is InChI=1S/C17H23N3/c1-17(2,3)20-13-15(12-18-20)14-7-6-8-16(11-14)19-9-4-5-10-19/h6-8,11-13H,4-5,9-10H2,1-3H3. The molecular weight excluding hydrogens is 246 g/mol. The van der Waals surface area contributed by atoms with Crippen LogP contribution in [0.15, 0.2) is 36.7 Å². The molecule has 1 aromatic carbocycles. The number of anilines is 1. The van der Waals surface area contributed by atoms with Gasteiger partial charge in [0.05, 0.1) is 11.7 Å². The van der Waals surface area contributed by atoms with E-state index in [2.05, 4.69) is 61.2 Å². The van der Waals surface area contributed by atoms with Crippen LogP contribution in [0.2, 0.25) is 0 Å². The minimum absolute atomic E-state index is 0.0326. The normalized spacial score (nSPS) is 15.8. The molecule has 20 heavy (non-hydrogen) atoms. The van der Waals surface area contributed by atoms with Crippen molar-refractivity contribution in [2.24, 2.45) is 0 Å². The lowest BCUT2D eigenvalue weighted by Crippen LogP contribution is -2.21. The molecule has 0 aliphatic carbocycles. The maximum absolute atomic E-state index is 4.49. The van der Waals surface area contributed by atoms with Crippen molar-refractivity contribution < 1.29 is 0 Å². The molecule has 0 radical (unpaired) electrons. The van der Waals surface area contributed by atoms with E-state index in [1.165, 1.54) is 42.7 Å². The molecule has 1 aliphatic rings. The quantitative estimate of drug-likeness (QED) is 0.824. The maximum Gasteiger partial charge on any atom is 0.0568 e. The van der Waals surface area contributed by atoms with Gasteiger partial charge in [0.1, 0.15) is 0 Å². The van der Waals surface area contributed by atoms with E-state index in [1.807, 2.05) is 10.9 Å². The van der Waals surface area contributed by atoms with Gasteiger partial charge in [0.2, 0.25) is 0 Å².